The van der Waals surface area contributed by atoms with Crippen molar-refractivity contribution in [2.45, 2.75) is 6.42 Å². The molecule has 0 N–H and O–H groups in total. The van der Waals surface area contributed by atoms with Gasteiger partial charge in [-0.25, -0.2) is 8.78 Å². The Balaban J connectivity index is 1.54. The number of halogens is 2. The van der Waals surface area contributed by atoms with Crippen LogP contribution in [0.5, 0.6) is 5.75 Å². The minimum atomic E-state index is -0.516. The summed E-state index contributed by atoms with van der Waals surface area (Å²) in [6.45, 7) is 1.49. The third-order valence-electron chi connectivity index (χ3n) is 4.41. The topological polar surface area (TPSA) is 49.9 Å². The van der Waals surface area contributed by atoms with Gasteiger partial charge in [0.2, 0.25) is 0 Å². The van der Waals surface area contributed by atoms with E-state index in [0.29, 0.717) is 38.2 Å². The minimum absolute atomic E-state index is 0.0359. The molecule has 0 atom stereocenters. The van der Waals surface area contributed by atoms with Crippen LogP contribution < -0.4 is 4.74 Å². The molecule has 0 radical (unpaired) electrons. The van der Waals surface area contributed by atoms with Crippen LogP contribution >= 0.6 is 0 Å². The van der Waals surface area contributed by atoms with E-state index in [4.69, 9.17) is 4.74 Å². The Labute approximate surface area is 156 Å². The van der Waals surface area contributed by atoms with Crippen molar-refractivity contribution in [3.63, 3.8) is 0 Å². The summed E-state index contributed by atoms with van der Waals surface area (Å²) >= 11 is 0. The molecule has 1 heterocycles. The molecule has 2 aromatic rings. The molecule has 0 spiro atoms. The first-order chi connectivity index (χ1) is 13.0. The zero-order chi connectivity index (χ0) is 19.2. The van der Waals surface area contributed by atoms with Gasteiger partial charge in [-0.15, -0.1) is 0 Å². The maximum absolute atomic E-state index is 13.6. The molecule has 1 aliphatic heterocycles. The van der Waals surface area contributed by atoms with E-state index in [1.54, 1.807) is 21.9 Å². The minimum Gasteiger partial charge on any atom is -0.481 e. The molecule has 0 aromatic heterocycles. The largest absolute Gasteiger partial charge is 0.481 e. The van der Waals surface area contributed by atoms with E-state index >= 15 is 0 Å². The molecule has 2 amide bonds. The first-order valence-corrected chi connectivity index (χ1v) is 8.74. The Morgan fingerprint density at radius 3 is 2.30 bits per heavy atom. The van der Waals surface area contributed by atoms with Crippen molar-refractivity contribution >= 4 is 11.8 Å². The number of carbonyl (C=O) groups excluding carboxylic acids is 2. The molecular formula is C20H20F2N2O3. The third kappa shape index (κ3) is 4.81. The van der Waals surface area contributed by atoms with Crippen molar-refractivity contribution in [1.82, 2.24) is 9.80 Å². The molecule has 1 fully saturated rings. The summed E-state index contributed by atoms with van der Waals surface area (Å²) in [4.78, 5) is 28.1. The van der Waals surface area contributed by atoms with Gasteiger partial charge in [0.25, 0.3) is 11.8 Å². The van der Waals surface area contributed by atoms with Gasteiger partial charge in [0.05, 0.1) is 0 Å². The van der Waals surface area contributed by atoms with Gasteiger partial charge in [0, 0.05) is 31.7 Å². The van der Waals surface area contributed by atoms with Gasteiger partial charge < -0.3 is 14.5 Å². The van der Waals surface area contributed by atoms with Crippen molar-refractivity contribution < 1.29 is 23.1 Å². The lowest BCUT2D eigenvalue weighted by atomic mass is 10.2. The van der Waals surface area contributed by atoms with Crippen molar-refractivity contribution in [1.29, 1.82) is 0 Å². The smallest absolute Gasteiger partial charge is 0.260 e. The molecule has 27 heavy (non-hydrogen) atoms. The molecule has 142 valence electrons. The van der Waals surface area contributed by atoms with Crippen LogP contribution in [0, 0.1) is 11.6 Å². The quantitative estimate of drug-likeness (QED) is 0.827. The summed E-state index contributed by atoms with van der Waals surface area (Å²) in [5.74, 6) is -1.32. The average molecular weight is 374 g/mol. The molecule has 7 heteroatoms. The van der Waals surface area contributed by atoms with Crippen LogP contribution in [0.3, 0.4) is 0 Å². The van der Waals surface area contributed by atoms with Crippen LogP contribution in [-0.4, -0.2) is 54.4 Å². The molecular weight excluding hydrogens is 354 g/mol. The lowest BCUT2D eigenvalue weighted by Gasteiger charge is -2.22. The third-order valence-corrected chi connectivity index (χ3v) is 4.41. The van der Waals surface area contributed by atoms with Crippen molar-refractivity contribution in [2.24, 2.45) is 0 Å². The number of carbonyl (C=O) groups is 2. The molecule has 0 unspecified atom stereocenters. The van der Waals surface area contributed by atoms with E-state index in [2.05, 4.69) is 0 Å². The number of ether oxygens (including phenoxy) is 1. The number of hydrogen-bond acceptors (Lipinski definition) is 3. The van der Waals surface area contributed by atoms with E-state index in [-0.39, 0.29) is 24.2 Å². The van der Waals surface area contributed by atoms with Gasteiger partial charge in [-0.1, -0.05) is 12.1 Å². The lowest BCUT2D eigenvalue weighted by molar-refractivity contribution is -0.133. The van der Waals surface area contributed by atoms with Gasteiger partial charge in [0.1, 0.15) is 5.82 Å². The standard InChI is InChI=1S/C20H20F2N2O3/c21-16-8-6-15(7-9-16)20(26)24-11-3-10-23(12-13-24)19(25)14-27-18-5-2-1-4-17(18)22/h1-2,4-9H,3,10-14H2. The number of para-hydroxylation sites is 1. The molecule has 2 aromatic carbocycles. The highest BCUT2D eigenvalue weighted by Crippen LogP contribution is 2.16. The zero-order valence-corrected chi connectivity index (χ0v) is 14.7. The second-order valence-electron chi connectivity index (χ2n) is 6.25. The highest BCUT2D eigenvalue weighted by molar-refractivity contribution is 5.94. The van der Waals surface area contributed by atoms with Crippen LogP contribution in [0.4, 0.5) is 8.78 Å². The molecule has 0 bridgehead atoms. The summed E-state index contributed by atoms with van der Waals surface area (Å²) in [7, 11) is 0. The van der Waals surface area contributed by atoms with Crippen LogP contribution in [0.1, 0.15) is 16.8 Å². The summed E-state index contributed by atoms with van der Waals surface area (Å²) in [6, 6.07) is 11.3. The molecule has 0 aliphatic carbocycles. The Bertz CT molecular complexity index is 811. The maximum Gasteiger partial charge on any atom is 0.260 e. The van der Waals surface area contributed by atoms with Crippen molar-refractivity contribution in [3.8, 4) is 5.75 Å². The SMILES string of the molecule is O=C(COc1ccccc1F)N1CCCN(C(=O)c2ccc(F)cc2)CC1. The van der Waals surface area contributed by atoms with E-state index in [1.165, 1.54) is 36.4 Å². The Hall–Kier alpha value is -2.96. The predicted octanol–water partition coefficient (Wildman–Crippen LogP) is 2.72. The van der Waals surface area contributed by atoms with Crippen molar-refractivity contribution in [3.05, 3.63) is 65.7 Å². The summed E-state index contributed by atoms with van der Waals surface area (Å²) < 4.78 is 31.8. The fourth-order valence-electron chi connectivity index (χ4n) is 2.94. The summed E-state index contributed by atoms with van der Waals surface area (Å²) in [6.07, 6.45) is 0.623. The summed E-state index contributed by atoms with van der Waals surface area (Å²) in [5.41, 5.74) is 0.416. The van der Waals surface area contributed by atoms with Gasteiger partial charge in [-0.3, -0.25) is 9.59 Å². The summed E-state index contributed by atoms with van der Waals surface area (Å²) in [5, 5.41) is 0. The average Bonchev–Trinajstić information content (AvgIpc) is 2.93. The van der Waals surface area contributed by atoms with Crippen molar-refractivity contribution in [2.75, 3.05) is 32.8 Å². The van der Waals surface area contributed by atoms with Crippen LogP contribution in [0.15, 0.2) is 48.5 Å². The zero-order valence-electron chi connectivity index (χ0n) is 14.7. The Kier molecular flexibility index (Phi) is 6.01. The maximum atomic E-state index is 13.6. The number of nitrogens with zero attached hydrogens (tertiary/aromatic N) is 2. The van der Waals surface area contributed by atoms with Gasteiger partial charge >= 0.3 is 0 Å². The highest BCUT2D eigenvalue weighted by Gasteiger charge is 2.23. The fourth-order valence-corrected chi connectivity index (χ4v) is 2.94. The van der Waals surface area contributed by atoms with Gasteiger partial charge in [-0.2, -0.15) is 0 Å². The predicted molar refractivity (Wildman–Crippen MR) is 95.4 cm³/mol. The number of benzene rings is 2. The van der Waals surface area contributed by atoms with E-state index in [1.807, 2.05) is 0 Å². The molecule has 1 aliphatic rings. The Morgan fingerprint density at radius 2 is 1.56 bits per heavy atom. The van der Waals surface area contributed by atoms with E-state index in [9.17, 15) is 18.4 Å². The van der Waals surface area contributed by atoms with Crippen LogP contribution in [-0.2, 0) is 4.79 Å². The van der Waals surface area contributed by atoms with Gasteiger partial charge in [-0.05, 0) is 42.8 Å². The normalized spacial score (nSPS) is 14.6. The first-order valence-electron chi connectivity index (χ1n) is 8.74. The molecule has 1 saturated heterocycles. The van der Waals surface area contributed by atoms with Gasteiger partial charge in [0.15, 0.2) is 18.2 Å². The Morgan fingerprint density at radius 1 is 0.889 bits per heavy atom. The number of amides is 2. The van der Waals surface area contributed by atoms with E-state index < -0.39 is 11.6 Å². The molecule has 5 nitrogen and oxygen atoms in total. The number of rotatable bonds is 4. The highest BCUT2D eigenvalue weighted by atomic mass is 19.1. The van der Waals surface area contributed by atoms with Crippen LogP contribution in [0.25, 0.3) is 0 Å². The molecule has 0 saturated carbocycles. The first kappa shape index (κ1) is 18.8. The van der Waals surface area contributed by atoms with Crippen LogP contribution in [0.2, 0.25) is 0 Å². The fraction of sp³-hybridized carbons (Fsp3) is 0.300. The molecule has 3 rings (SSSR count). The second-order valence-corrected chi connectivity index (χ2v) is 6.25. The monoisotopic (exact) mass is 374 g/mol. The second kappa shape index (κ2) is 8.62. The lowest BCUT2D eigenvalue weighted by Crippen LogP contribution is -2.39. The number of hydrogen-bond donors (Lipinski definition) is 0. The van der Waals surface area contributed by atoms with E-state index in [0.717, 1.165) is 0 Å².